The van der Waals surface area contributed by atoms with Crippen molar-refractivity contribution in [3.05, 3.63) is 57.8 Å². The van der Waals surface area contributed by atoms with Crippen LogP contribution in [-0.2, 0) is 16.1 Å². The fraction of sp³-hybridized carbons (Fsp3) is 0.316. The lowest BCUT2D eigenvalue weighted by Crippen LogP contribution is -2.33. The highest BCUT2D eigenvalue weighted by molar-refractivity contribution is 7.10. The van der Waals surface area contributed by atoms with Crippen molar-refractivity contribution in [3.63, 3.8) is 0 Å². The van der Waals surface area contributed by atoms with Crippen LogP contribution in [0, 0.1) is 0 Å². The van der Waals surface area contributed by atoms with Gasteiger partial charge in [0.15, 0.2) is 0 Å². The monoisotopic (exact) mass is 373 g/mol. The molecule has 6 nitrogen and oxygen atoms in total. The van der Waals surface area contributed by atoms with E-state index in [2.05, 4.69) is 10.6 Å². The number of hydrogen-bond donors (Lipinski definition) is 2. The SMILES string of the molecule is CNC(=O)c1ccc(CN(C)C(=O)C[C@@H](NC(C)=O)c2cccs2)cc1. The molecule has 138 valence electrons. The molecule has 2 N–H and O–H groups in total. The summed E-state index contributed by atoms with van der Waals surface area (Å²) in [6, 6.07) is 10.6. The molecule has 0 aliphatic carbocycles. The maximum atomic E-state index is 12.6. The Kier molecular flexibility index (Phi) is 6.91. The van der Waals surface area contributed by atoms with Crippen molar-refractivity contribution < 1.29 is 14.4 Å². The molecular weight excluding hydrogens is 350 g/mol. The van der Waals surface area contributed by atoms with Gasteiger partial charge in [-0.1, -0.05) is 18.2 Å². The van der Waals surface area contributed by atoms with Gasteiger partial charge in [0.2, 0.25) is 11.8 Å². The summed E-state index contributed by atoms with van der Waals surface area (Å²) in [5.41, 5.74) is 1.51. The third kappa shape index (κ3) is 5.42. The number of benzene rings is 1. The molecule has 0 radical (unpaired) electrons. The van der Waals surface area contributed by atoms with Crippen LogP contribution in [0.4, 0.5) is 0 Å². The van der Waals surface area contributed by atoms with Gasteiger partial charge in [0.25, 0.3) is 5.91 Å². The Morgan fingerprint density at radius 2 is 1.85 bits per heavy atom. The van der Waals surface area contributed by atoms with Gasteiger partial charge in [0.05, 0.1) is 12.5 Å². The molecule has 7 heteroatoms. The van der Waals surface area contributed by atoms with Gasteiger partial charge in [-0.25, -0.2) is 0 Å². The lowest BCUT2D eigenvalue weighted by atomic mass is 10.1. The number of rotatable bonds is 7. The molecule has 1 atom stereocenters. The summed E-state index contributed by atoms with van der Waals surface area (Å²) in [4.78, 5) is 38.2. The fourth-order valence-electron chi connectivity index (χ4n) is 2.56. The summed E-state index contributed by atoms with van der Waals surface area (Å²) >= 11 is 1.51. The molecule has 2 aromatic rings. The Hall–Kier alpha value is -2.67. The predicted octanol–water partition coefficient (Wildman–Crippen LogP) is 2.33. The van der Waals surface area contributed by atoms with Crippen molar-refractivity contribution in [2.24, 2.45) is 0 Å². The van der Waals surface area contributed by atoms with E-state index in [9.17, 15) is 14.4 Å². The highest BCUT2D eigenvalue weighted by Crippen LogP contribution is 2.23. The number of carbonyl (C=O) groups is 3. The zero-order chi connectivity index (χ0) is 19.1. The van der Waals surface area contributed by atoms with Crippen molar-refractivity contribution >= 4 is 29.1 Å². The quantitative estimate of drug-likeness (QED) is 0.782. The normalized spacial score (nSPS) is 11.5. The number of carbonyl (C=O) groups excluding carboxylic acids is 3. The number of nitrogens with one attached hydrogen (secondary N) is 2. The predicted molar refractivity (Wildman–Crippen MR) is 102 cm³/mol. The molecule has 0 unspecified atom stereocenters. The third-order valence-electron chi connectivity index (χ3n) is 3.93. The van der Waals surface area contributed by atoms with Crippen LogP contribution in [0.3, 0.4) is 0 Å². The summed E-state index contributed by atoms with van der Waals surface area (Å²) in [6.45, 7) is 1.88. The molecule has 0 saturated carbocycles. The van der Waals surface area contributed by atoms with Crippen LogP contribution in [0.25, 0.3) is 0 Å². The molecule has 1 heterocycles. The third-order valence-corrected chi connectivity index (χ3v) is 4.92. The standard InChI is InChI=1S/C19H23N3O3S/c1-13(23)21-16(17-5-4-10-26-17)11-18(24)22(3)12-14-6-8-15(9-7-14)19(25)20-2/h4-10,16H,11-12H2,1-3H3,(H,20,25)(H,21,23)/t16-/m1/s1. The van der Waals surface area contributed by atoms with Crippen LogP contribution < -0.4 is 10.6 Å². The molecule has 3 amide bonds. The molecule has 1 aromatic carbocycles. The van der Waals surface area contributed by atoms with Gasteiger partial charge < -0.3 is 15.5 Å². The largest absolute Gasteiger partial charge is 0.355 e. The van der Waals surface area contributed by atoms with E-state index < -0.39 is 0 Å². The van der Waals surface area contributed by atoms with Crippen LogP contribution in [0.15, 0.2) is 41.8 Å². The average Bonchev–Trinajstić information content (AvgIpc) is 3.15. The molecule has 0 aliphatic rings. The Morgan fingerprint density at radius 3 is 2.38 bits per heavy atom. The summed E-state index contributed by atoms with van der Waals surface area (Å²) < 4.78 is 0. The fourth-order valence-corrected chi connectivity index (χ4v) is 3.33. The molecule has 0 fully saturated rings. The highest BCUT2D eigenvalue weighted by Gasteiger charge is 2.20. The van der Waals surface area contributed by atoms with Gasteiger partial charge in [-0.3, -0.25) is 14.4 Å². The summed E-state index contributed by atoms with van der Waals surface area (Å²) in [5, 5.41) is 7.33. The second-order valence-corrected chi connectivity index (χ2v) is 6.98. The van der Waals surface area contributed by atoms with Crippen molar-refractivity contribution in [2.75, 3.05) is 14.1 Å². The lowest BCUT2D eigenvalue weighted by molar-refractivity contribution is -0.131. The first-order valence-electron chi connectivity index (χ1n) is 8.26. The Balaban J connectivity index is 1.99. The van der Waals surface area contributed by atoms with E-state index >= 15 is 0 Å². The summed E-state index contributed by atoms with van der Waals surface area (Å²) in [7, 11) is 3.32. The average molecular weight is 373 g/mol. The van der Waals surface area contributed by atoms with E-state index in [1.807, 2.05) is 29.6 Å². The van der Waals surface area contributed by atoms with Gasteiger partial charge >= 0.3 is 0 Å². The van der Waals surface area contributed by atoms with Crippen LogP contribution in [0.2, 0.25) is 0 Å². The van der Waals surface area contributed by atoms with Gasteiger partial charge in [-0.05, 0) is 29.1 Å². The molecule has 2 rings (SSSR count). The molecule has 1 aromatic heterocycles. The zero-order valence-electron chi connectivity index (χ0n) is 15.1. The van der Waals surface area contributed by atoms with E-state index in [1.165, 1.54) is 18.3 Å². The van der Waals surface area contributed by atoms with Crippen molar-refractivity contribution in [1.82, 2.24) is 15.5 Å². The maximum Gasteiger partial charge on any atom is 0.251 e. The van der Waals surface area contributed by atoms with Crippen molar-refractivity contribution in [3.8, 4) is 0 Å². The Morgan fingerprint density at radius 1 is 1.15 bits per heavy atom. The first-order chi connectivity index (χ1) is 12.4. The topological polar surface area (TPSA) is 78.5 Å². The Labute approximate surface area is 157 Å². The van der Waals surface area contributed by atoms with Gasteiger partial charge in [-0.15, -0.1) is 11.3 Å². The lowest BCUT2D eigenvalue weighted by Gasteiger charge is -2.22. The highest BCUT2D eigenvalue weighted by atomic mass is 32.1. The van der Waals surface area contributed by atoms with E-state index in [0.29, 0.717) is 12.1 Å². The minimum absolute atomic E-state index is 0.0625. The number of nitrogens with zero attached hydrogens (tertiary/aromatic N) is 1. The van der Waals surface area contributed by atoms with E-state index in [1.54, 1.807) is 31.1 Å². The summed E-state index contributed by atoms with van der Waals surface area (Å²) in [5.74, 6) is -0.369. The first kappa shape index (κ1) is 19.7. The van der Waals surface area contributed by atoms with Crippen LogP contribution in [0.1, 0.15) is 40.2 Å². The zero-order valence-corrected chi connectivity index (χ0v) is 15.9. The second-order valence-electron chi connectivity index (χ2n) is 6.00. The van der Waals surface area contributed by atoms with Crippen molar-refractivity contribution in [1.29, 1.82) is 0 Å². The van der Waals surface area contributed by atoms with E-state index in [0.717, 1.165) is 10.4 Å². The number of hydrogen-bond acceptors (Lipinski definition) is 4. The van der Waals surface area contributed by atoms with E-state index in [-0.39, 0.29) is 30.2 Å². The number of amides is 3. The molecule has 0 saturated heterocycles. The van der Waals surface area contributed by atoms with Gasteiger partial charge in [-0.2, -0.15) is 0 Å². The van der Waals surface area contributed by atoms with Crippen LogP contribution >= 0.6 is 11.3 Å². The minimum Gasteiger partial charge on any atom is -0.355 e. The van der Waals surface area contributed by atoms with Crippen LogP contribution in [0.5, 0.6) is 0 Å². The van der Waals surface area contributed by atoms with Crippen molar-refractivity contribution in [2.45, 2.75) is 25.9 Å². The minimum atomic E-state index is -0.321. The number of thiophene rings is 1. The first-order valence-corrected chi connectivity index (χ1v) is 9.14. The molecule has 0 spiro atoms. The van der Waals surface area contributed by atoms with E-state index in [4.69, 9.17) is 0 Å². The smallest absolute Gasteiger partial charge is 0.251 e. The molecule has 0 bridgehead atoms. The Bertz CT molecular complexity index is 757. The second kappa shape index (κ2) is 9.15. The van der Waals surface area contributed by atoms with Gasteiger partial charge in [0, 0.05) is 38.0 Å². The summed E-state index contributed by atoms with van der Waals surface area (Å²) in [6.07, 6.45) is 0.201. The van der Waals surface area contributed by atoms with Gasteiger partial charge in [0.1, 0.15) is 0 Å². The molecular formula is C19H23N3O3S. The molecule has 0 aliphatic heterocycles. The maximum absolute atomic E-state index is 12.6. The van der Waals surface area contributed by atoms with Crippen LogP contribution in [-0.4, -0.2) is 36.7 Å². The molecule has 26 heavy (non-hydrogen) atoms.